The fraction of sp³-hybridized carbons (Fsp3) is 0.360. The van der Waals surface area contributed by atoms with Gasteiger partial charge in [-0.25, -0.2) is 13.1 Å². The van der Waals surface area contributed by atoms with Crippen molar-refractivity contribution in [2.45, 2.75) is 52.0 Å². The predicted octanol–water partition coefficient (Wildman–Crippen LogP) is 5.00. The van der Waals surface area contributed by atoms with Gasteiger partial charge in [-0.05, 0) is 50.5 Å². The van der Waals surface area contributed by atoms with Gasteiger partial charge in [0.05, 0.1) is 10.6 Å². The van der Waals surface area contributed by atoms with E-state index in [4.69, 9.17) is 16.3 Å². The van der Waals surface area contributed by atoms with Gasteiger partial charge in [-0.3, -0.25) is 14.9 Å². The average molecular weight is 564 g/mol. The normalized spacial score (nSPS) is 12.4. The van der Waals surface area contributed by atoms with Crippen LogP contribution in [0.15, 0.2) is 47.4 Å². The van der Waals surface area contributed by atoms with E-state index in [1.807, 2.05) is 13.8 Å². The number of hydrogen-bond acceptors (Lipinski definition) is 7. The number of carbonyl (C=O) groups is 1. The number of nitrogens with zero attached hydrogens (tertiary/aromatic N) is 3. The summed E-state index contributed by atoms with van der Waals surface area (Å²) in [5.41, 5.74) is 0.450. The highest BCUT2D eigenvalue weighted by molar-refractivity contribution is 7.89. The number of amides is 1. The van der Waals surface area contributed by atoms with Crippen LogP contribution in [-0.2, 0) is 10.0 Å². The molecule has 38 heavy (non-hydrogen) atoms. The molecule has 1 unspecified atom stereocenters. The molecule has 1 atom stereocenters. The molecule has 0 saturated carbocycles. The fourth-order valence-corrected chi connectivity index (χ4v) is 5.06. The minimum atomic E-state index is -4.21. The molecule has 0 fully saturated rings. The summed E-state index contributed by atoms with van der Waals surface area (Å²) in [6, 6.07) is 9.51. The second-order valence-corrected chi connectivity index (χ2v) is 11.3. The molecule has 2 N–H and O–H groups in total. The SMILES string of the molecule is CCC(C)NS(=O)(=O)c1cc([N+](=O)[O-])ccc1Oc1c(C)c(C(=O)NCC(C)C)nn1-c1cccc(Cl)c1. The molecule has 0 radical (unpaired) electrons. The monoisotopic (exact) mass is 563 g/mol. The van der Waals surface area contributed by atoms with Crippen LogP contribution in [0.3, 0.4) is 0 Å². The van der Waals surface area contributed by atoms with Crippen LogP contribution in [0.1, 0.15) is 50.2 Å². The summed E-state index contributed by atoms with van der Waals surface area (Å²) in [5, 5.41) is 19.1. The number of nitro benzene ring substituents is 1. The Morgan fingerprint density at radius 1 is 1.21 bits per heavy atom. The molecule has 11 nitrogen and oxygen atoms in total. The molecule has 0 saturated heterocycles. The number of sulfonamides is 1. The van der Waals surface area contributed by atoms with Gasteiger partial charge >= 0.3 is 0 Å². The first kappa shape index (κ1) is 29.1. The van der Waals surface area contributed by atoms with Crippen molar-refractivity contribution in [2.24, 2.45) is 5.92 Å². The lowest BCUT2D eigenvalue weighted by Crippen LogP contribution is -2.32. The molecular formula is C25H30ClN5O6S. The second-order valence-electron chi connectivity index (χ2n) is 9.20. The first-order chi connectivity index (χ1) is 17.8. The van der Waals surface area contributed by atoms with Crippen molar-refractivity contribution >= 4 is 33.2 Å². The first-order valence-electron chi connectivity index (χ1n) is 12.0. The summed E-state index contributed by atoms with van der Waals surface area (Å²) in [4.78, 5) is 23.2. The number of non-ortho nitro benzene ring substituents is 1. The van der Waals surface area contributed by atoms with Gasteiger partial charge in [0.2, 0.25) is 15.9 Å². The van der Waals surface area contributed by atoms with Crippen LogP contribution in [-0.4, -0.2) is 41.6 Å². The number of halogens is 1. The minimum Gasteiger partial charge on any atom is -0.437 e. The van der Waals surface area contributed by atoms with Gasteiger partial charge in [0.15, 0.2) is 5.69 Å². The summed E-state index contributed by atoms with van der Waals surface area (Å²) < 4.78 is 36.4. The molecule has 13 heteroatoms. The van der Waals surface area contributed by atoms with Gasteiger partial charge in [-0.15, -0.1) is 0 Å². The Labute approximate surface area is 226 Å². The molecule has 0 aliphatic heterocycles. The van der Waals surface area contributed by atoms with Crippen molar-refractivity contribution < 1.29 is 22.9 Å². The van der Waals surface area contributed by atoms with Gasteiger partial charge in [0.25, 0.3) is 11.6 Å². The number of nitrogens with one attached hydrogen (secondary N) is 2. The van der Waals surface area contributed by atoms with E-state index >= 15 is 0 Å². The van der Waals surface area contributed by atoms with E-state index in [1.165, 1.54) is 10.7 Å². The Kier molecular flexibility index (Phi) is 9.13. The third-order valence-electron chi connectivity index (χ3n) is 5.61. The summed E-state index contributed by atoms with van der Waals surface area (Å²) >= 11 is 6.18. The zero-order chi connectivity index (χ0) is 28.2. The maximum atomic E-state index is 13.2. The zero-order valence-electron chi connectivity index (χ0n) is 21.7. The number of ether oxygens (including phenoxy) is 1. The second kappa shape index (κ2) is 11.9. The van der Waals surface area contributed by atoms with Gasteiger partial charge in [-0.1, -0.05) is 38.4 Å². The maximum Gasteiger partial charge on any atom is 0.272 e. The molecule has 3 aromatic rings. The van der Waals surface area contributed by atoms with Gasteiger partial charge in [-0.2, -0.15) is 9.78 Å². The summed E-state index contributed by atoms with van der Waals surface area (Å²) in [6.45, 7) is 9.42. The number of hydrogen-bond donors (Lipinski definition) is 2. The van der Waals surface area contributed by atoms with E-state index in [0.717, 1.165) is 12.1 Å². The third kappa shape index (κ3) is 6.69. The van der Waals surface area contributed by atoms with Crippen LogP contribution in [0.25, 0.3) is 5.69 Å². The Hall–Kier alpha value is -3.48. The average Bonchev–Trinajstić information content (AvgIpc) is 3.18. The van der Waals surface area contributed by atoms with E-state index < -0.39 is 37.5 Å². The van der Waals surface area contributed by atoms with E-state index in [-0.39, 0.29) is 23.2 Å². The van der Waals surface area contributed by atoms with Crippen LogP contribution < -0.4 is 14.8 Å². The van der Waals surface area contributed by atoms with Crippen molar-refractivity contribution in [1.82, 2.24) is 19.8 Å². The van der Waals surface area contributed by atoms with Crippen molar-refractivity contribution in [3.05, 3.63) is 68.9 Å². The highest BCUT2D eigenvalue weighted by atomic mass is 35.5. The van der Waals surface area contributed by atoms with Crippen molar-refractivity contribution in [1.29, 1.82) is 0 Å². The molecule has 1 heterocycles. The molecular weight excluding hydrogens is 534 g/mol. The Morgan fingerprint density at radius 3 is 2.53 bits per heavy atom. The van der Waals surface area contributed by atoms with E-state index in [0.29, 0.717) is 29.2 Å². The lowest BCUT2D eigenvalue weighted by molar-refractivity contribution is -0.385. The van der Waals surface area contributed by atoms with Crippen molar-refractivity contribution in [2.75, 3.05) is 6.54 Å². The summed E-state index contributed by atoms with van der Waals surface area (Å²) in [6.07, 6.45) is 0.500. The number of rotatable bonds is 11. The summed E-state index contributed by atoms with van der Waals surface area (Å²) in [7, 11) is -4.21. The van der Waals surface area contributed by atoms with Crippen LogP contribution in [0, 0.1) is 23.0 Å². The fourth-order valence-electron chi connectivity index (χ4n) is 3.40. The standard InChI is InChI=1S/C25H30ClN5O6S/c1-6-16(4)29-38(35,36)22-13-20(31(33)34)10-11-21(22)37-25-17(5)23(24(32)27-14-15(2)3)28-30(25)19-9-7-8-18(26)12-19/h7-13,15-16,29H,6,14H2,1-5H3,(H,27,32). The molecule has 0 bridgehead atoms. The molecule has 0 aliphatic rings. The van der Waals surface area contributed by atoms with Crippen molar-refractivity contribution in [3.8, 4) is 17.3 Å². The Bertz CT molecular complexity index is 1450. The predicted molar refractivity (Wildman–Crippen MR) is 144 cm³/mol. The Balaban J connectivity index is 2.19. The molecule has 1 aromatic heterocycles. The van der Waals surface area contributed by atoms with Gasteiger partial charge in [0.1, 0.15) is 10.6 Å². The van der Waals surface area contributed by atoms with Crippen LogP contribution in [0.2, 0.25) is 5.02 Å². The largest absolute Gasteiger partial charge is 0.437 e. The zero-order valence-corrected chi connectivity index (χ0v) is 23.3. The van der Waals surface area contributed by atoms with Gasteiger partial charge < -0.3 is 10.1 Å². The highest BCUT2D eigenvalue weighted by Gasteiger charge is 2.28. The van der Waals surface area contributed by atoms with Crippen LogP contribution in [0.4, 0.5) is 5.69 Å². The summed E-state index contributed by atoms with van der Waals surface area (Å²) in [5.74, 6) is -0.352. The lowest BCUT2D eigenvalue weighted by atomic mass is 10.2. The Morgan fingerprint density at radius 2 is 1.92 bits per heavy atom. The van der Waals surface area contributed by atoms with E-state index in [2.05, 4.69) is 15.1 Å². The molecule has 2 aromatic carbocycles. The number of carbonyl (C=O) groups excluding carboxylic acids is 1. The quantitative estimate of drug-likeness (QED) is 0.246. The molecule has 204 valence electrons. The minimum absolute atomic E-state index is 0.0517. The highest BCUT2D eigenvalue weighted by Crippen LogP contribution is 2.36. The maximum absolute atomic E-state index is 13.2. The van der Waals surface area contributed by atoms with Gasteiger partial charge in [0, 0.05) is 35.3 Å². The number of benzene rings is 2. The number of aromatic nitrogens is 2. The van der Waals surface area contributed by atoms with Crippen LogP contribution in [0.5, 0.6) is 11.6 Å². The van der Waals surface area contributed by atoms with E-state index in [1.54, 1.807) is 45.0 Å². The topological polar surface area (TPSA) is 145 Å². The third-order valence-corrected chi connectivity index (χ3v) is 7.46. The van der Waals surface area contributed by atoms with Crippen LogP contribution >= 0.6 is 11.6 Å². The molecule has 3 rings (SSSR count). The molecule has 0 spiro atoms. The van der Waals surface area contributed by atoms with Crippen molar-refractivity contribution in [3.63, 3.8) is 0 Å². The first-order valence-corrected chi connectivity index (χ1v) is 13.8. The molecule has 1 amide bonds. The smallest absolute Gasteiger partial charge is 0.272 e. The number of nitro groups is 1. The van der Waals surface area contributed by atoms with E-state index in [9.17, 15) is 23.3 Å². The molecule has 0 aliphatic carbocycles. The lowest BCUT2D eigenvalue weighted by Gasteiger charge is -2.16.